The van der Waals surface area contributed by atoms with Gasteiger partial charge in [0.05, 0.1) is 24.8 Å². The van der Waals surface area contributed by atoms with Crippen molar-refractivity contribution in [2.24, 2.45) is 0 Å². The molecule has 1 fully saturated rings. The number of aryl methyl sites for hydroxylation is 1. The first-order chi connectivity index (χ1) is 17.9. The molecule has 0 aromatic heterocycles. The molecule has 0 radical (unpaired) electrons. The highest BCUT2D eigenvalue weighted by atomic mass is 16.7. The first-order valence-electron chi connectivity index (χ1n) is 12.1. The Morgan fingerprint density at radius 2 is 1.76 bits per heavy atom. The molecule has 5 rings (SSSR count). The summed E-state index contributed by atoms with van der Waals surface area (Å²) in [6, 6.07) is 16.5. The molecule has 1 N–H and O–H groups in total. The third-order valence-corrected chi connectivity index (χ3v) is 6.31. The van der Waals surface area contributed by atoms with E-state index in [0.717, 1.165) is 5.56 Å². The monoisotopic (exact) mass is 501 g/mol. The number of ether oxygens (including phenoxy) is 4. The van der Waals surface area contributed by atoms with Gasteiger partial charge in [-0.3, -0.25) is 14.5 Å². The van der Waals surface area contributed by atoms with Crippen molar-refractivity contribution in [2.45, 2.75) is 26.8 Å². The molecular formula is C29H27NO7. The predicted molar refractivity (Wildman–Crippen MR) is 137 cm³/mol. The van der Waals surface area contributed by atoms with Crippen molar-refractivity contribution in [1.82, 2.24) is 0 Å². The third-order valence-electron chi connectivity index (χ3n) is 6.31. The summed E-state index contributed by atoms with van der Waals surface area (Å²) >= 11 is 0. The number of hydrogen-bond acceptors (Lipinski definition) is 7. The summed E-state index contributed by atoms with van der Waals surface area (Å²) in [5.74, 6) is 0.500. The highest BCUT2D eigenvalue weighted by Crippen LogP contribution is 2.45. The fraction of sp³-hybridized carbons (Fsp3) is 0.241. The highest BCUT2D eigenvalue weighted by Gasteiger charge is 2.47. The van der Waals surface area contributed by atoms with Crippen LogP contribution < -0.4 is 23.8 Å². The zero-order valence-corrected chi connectivity index (χ0v) is 20.8. The van der Waals surface area contributed by atoms with E-state index in [0.29, 0.717) is 53.0 Å². The number of Topliss-reactive ketones (excluding diaryl/α,β-unsaturated/α-hetero) is 1. The van der Waals surface area contributed by atoms with Gasteiger partial charge in [-0.15, -0.1) is 0 Å². The third kappa shape index (κ3) is 4.35. The molecule has 1 amide bonds. The van der Waals surface area contributed by atoms with E-state index in [1.54, 1.807) is 60.7 Å². The molecule has 0 aliphatic carbocycles. The van der Waals surface area contributed by atoms with E-state index in [2.05, 4.69) is 0 Å². The normalized spacial score (nSPS) is 17.8. The van der Waals surface area contributed by atoms with Crippen LogP contribution in [0.4, 0.5) is 5.69 Å². The van der Waals surface area contributed by atoms with Gasteiger partial charge in [0, 0.05) is 17.3 Å². The smallest absolute Gasteiger partial charge is 0.300 e. The Morgan fingerprint density at radius 1 is 0.973 bits per heavy atom. The second kappa shape index (κ2) is 9.89. The molecule has 2 heterocycles. The first kappa shape index (κ1) is 24.2. The topological polar surface area (TPSA) is 94.5 Å². The Balaban J connectivity index is 1.68. The van der Waals surface area contributed by atoms with Gasteiger partial charge in [-0.05, 0) is 74.4 Å². The Labute approximate surface area is 214 Å². The number of amides is 1. The van der Waals surface area contributed by atoms with Gasteiger partial charge in [-0.25, -0.2) is 0 Å². The van der Waals surface area contributed by atoms with Crippen LogP contribution in [0, 0.1) is 6.92 Å². The largest absolute Gasteiger partial charge is 0.507 e. The van der Waals surface area contributed by atoms with Gasteiger partial charge in [-0.2, -0.15) is 0 Å². The Morgan fingerprint density at radius 3 is 2.51 bits per heavy atom. The molecule has 0 spiro atoms. The van der Waals surface area contributed by atoms with Gasteiger partial charge in [0.25, 0.3) is 11.7 Å². The molecule has 8 nitrogen and oxygen atoms in total. The second-order valence-corrected chi connectivity index (χ2v) is 8.63. The van der Waals surface area contributed by atoms with E-state index < -0.39 is 17.7 Å². The highest BCUT2D eigenvalue weighted by molar-refractivity contribution is 6.51. The number of carbonyl (C=O) groups excluding carboxylic acids is 2. The molecule has 0 saturated carbocycles. The molecular weight excluding hydrogens is 474 g/mol. The average molecular weight is 502 g/mol. The standard InChI is InChI=1S/C29H27NO7/c1-4-34-21-8-6-7-18(14-21)26-25(27(31)19-9-11-22(35-5-2)17(3)13-19)28(32)29(33)30(26)20-10-12-23-24(15-20)37-16-36-23/h6-15,26,31H,4-5,16H2,1-3H3/b27-25+. The summed E-state index contributed by atoms with van der Waals surface area (Å²) < 4.78 is 22.2. The number of benzene rings is 3. The van der Waals surface area contributed by atoms with Crippen LogP contribution in [0.25, 0.3) is 5.76 Å². The van der Waals surface area contributed by atoms with Gasteiger partial charge < -0.3 is 24.1 Å². The number of anilines is 1. The van der Waals surface area contributed by atoms with Crippen molar-refractivity contribution >= 4 is 23.1 Å². The SMILES string of the molecule is CCOc1cccc(C2/C(=C(\O)c3ccc(OCC)c(C)c3)C(=O)C(=O)N2c2ccc3c(c2)OCO3)c1. The summed E-state index contributed by atoms with van der Waals surface area (Å²) in [6.45, 7) is 6.66. The summed E-state index contributed by atoms with van der Waals surface area (Å²) in [7, 11) is 0. The Bertz CT molecular complexity index is 1410. The fourth-order valence-corrected chi connectivity index (χ4v) is 4.66. The molecule has 2 aliphatic rings. The second-order valence-electron chi connectivity index (χ2n) is 8.63. The number of aliphatic hydroxyl groups excluding tert-OH is 1. The summed E-state index contributed by atoms with van der Waals surface area (Å²) in [5.41, 5.74) is 2.26. The molecule has 2 aliphatic heterocycles. The predicted octanol–water partition coefficient (Wildman–Crippen LogP) is 5.15. The molecule has 1 saturated heterocycles. The van der Waals surface area contributed by atoms with Crippen LogP contribution in [0.3, 0.4) is 0 Å². The van der Waals surface area contributed by atoms with Gasteiger partial charge in [0.15, 0.2) is 11.5 Å². The molecule has 1 atom stereocenters. The Hall–Kier alpha value is -4.46. The van der Waals surface area contributed by atoms with Gasteiger partial charge >= 0.3 is 0 Å². The number of aliphatic hydroxyl groups is 1. The van der Waals surface area contributed by atoms with E-state index >= 15 is 0 Å². The number of rotatable bonds is 7. The number of nitrogens with zero attached hydrogens (tertiary/aromatic N) is 1. The maximum Gasteiger partial charge on any atom is 0.300 e. The van der Waals surface area contributed by atoms with E-state index in [9.17, 15) is 14.7 Å². The number of hydrogen-bond donors (Lipinski definition) is 1. The van der Waals surface area contributed by atoms with Crippen LogP contribution in [0.1, 0.15) is 36.6 Å². The van der Waals surface area contributed by atoms with Crippen LogP contribution in [0.2, 0.25) is 0 Å². The van der Waals surface area contributed by atoms with Gasteiger partial charge in [-0.1, -0.05) is 12.1 Å². The molecule has 3 aromatic rings. The minimum atomic E-state index is -0.896. The lowest BCUT2D eigenvalue weighted by atomic mass is 9.94. The van der Waals surface area contributed by atoms with Crippen molar-refractivity contribution in [2.75, 3.05) is 24.9 Å². The lowest BCUT2D eigenvalue weighted by molar-refractivity contribution is -0.132. The molecule has 1 unspecified atom stereocenters. The maximum absolute atomic E-state index is 13.5. The van der Waals surface area contributed by atoms with Crippen molar-refractivity contribution in [3.8, 4) is 23.0 Å². The van der Waals surface area contributed by atoms with E-state index in [1.807, 2.05) is 20.8 Å². The zero-order valence-electron chi connectivity index (χ0n) is 20.8. The van der Waals surface area contributed by atoms with Crippen molar-refractivity contribution in [1.29, 1.82) is 0 Å². The number of fused-ring (bicyclic) bond motifs is 1. The van der Waals surface area contributed by atoms with Crippen molar-refractivity contribution in [3.05, 3.63) is 82.9 Å². The van der Waals surface area contributed by atoms with Crippen LogP contribution in [-0.2, 0) is 9.59 Å². The van der Waals surface area contributed by atoms with Crippen molar-refractivity contribution in [3.63, 3.8) is 0 Å². The van der Waals surface area contributed by atoms with Crippen LogP contribution in [0.15, 0.2) is 66.2 Å². The van der Waals surface area contributed by atoms with E-state index in [1.165, 1.54) is 4.90 Å². The fourth-order valence-electron chi connectivity index (χ4n) is 4.66. The summed E-state index contributed by atoms with van der Waals surface area (Å²) in [5, 5.41) is 11.4. The van der Waals surface area contributed by atoms with Crippen LogP contribution in [-0.4, -0.2) is 36.8 Å². The average Bonchev–Trinajstić information content (AvgIpc) is 3.47. The minimum absolute atomic E-state index is 0.0140. The van der Waals surface area contributed by atoms with Crippen molar-refractivity contribution < 1.29 is 33.6 Å². The zero-order chi connectivity index (χ0) is 26.1. The number of carbonyl (C=O) groups is 2. The lowest BCUT2D eigenvalue weighted by Crippen LogP contribution is -2.29. The van der Waals surface area contributed by atoms with Crippen LogP contribution >= 0.6 is 0 Å². The molecule has 3 aromatic carbocycles. The van der Waals surface area contributed by atoms with Crippen LogP contribution in [0.5, 0.6) is 23.0 Å². The lowest BCUT2D eigenvalue weighted by Gasteiger charge is -2.26. The van der Waals surface area contributed by atoms with Gasteiger partial charge in [0.2, 0.25) is 6.79 Å². The first-order valence-corrected chi connectivity index (χ1v) is 12.1. The van der Waals surface area contributed by atoms with E-state index in [-0.39, 0.29) is 18.1 Å². The van der Waals surface area contributed by atoms with Gasteiger partial charge in [0.1, 0.15) is 17.3 Å². The Kier molecular flexibility index (Phi) is 6.48. The maximum atomic E-state index is 13.5. The molecule has 0 bridgehead atoms. The quantitative estimate of drug-likeness (QED) is 0.272. The molecule has 37 heavy (non-hydrogen) atoms. The molecule has 190 valence electrons. The summed E-state index contributed by atoms with van der Waals surface area (Å²) in [6.07, 6.45) is 0. The van der Waals surface area contributed by atoms with E-state index in [4.69, 9.17) is 18.9 Å². The number of ketones is 1. The summed E-state index contributed by atoms with van der Waals surface area (Å²) in [4.78, 5) is 28.3. The molecule has 8 heteroatoms. The minimum Gasteiger partial charge on any atom is -0.507 e.